The van der Waals surface area contributed by atoms with Crippen molar-refractivity contribution in [3.63, 3.8) is 0 Å². The summed E-state index contributed by atoms with van der Waals surface area (Å²) in [7, 11) is 0. The first-order valence-electron chi connectivity index (χ1n) is 17.9. The number of para-hydroxylation sites is 1. The van der Waals surface area contributed by atoms with Crippen LogP contribution in [0.4, 0.5) is 22.7 Å². The van der Waals surface area contributed by atoms with Gasteiger partial charge in [0.25, 0.3) is 0 Å². The first-order valence-corrected chi connectivity index (χ1v) is 17.9. The van der Waals surface area contributed by atoms with Crippen LogP contribution in [0, 0.1) is 31.6 Å². The molecule has 4 unspecified atom stereocenters. The fraction of sp³-hybridized carbons (Fsp3) is 0.234. The summed E-state index contributed by atoms with van der Waals surface area (Å²) in [5.74, 6) is 1.24. The molecule has 5 aromatic rings. The molecule has 0 aliphatic heterocycles. The number of benzene rings is 5. The van der Waals surface area contributed by atoms with Crippen LogP contribution < -0.4 is 9.80 Å². The zero-order valence-corrected chi connectivity index (χ0v) is 29.6. The molecular formula is C47H48N2. The number of allylic oxidation sites excluding steroid dienone is 4. The lowest BCUT2D eigenvalue weighted by Gasteiger charge is -2.42. The monoisotopic (exact) mass is 640 g/mol. The van der Waals surface area contributed by atoms with Crippen LogP contribution in [0.1, 0.15) is 55.4 Å². The van der Waals surface area contributed by atoms with Gasteiger partial charge >= 0.3 is 0 Å². The number of rotatable bonds is 9. The summed E-state index contributed by atoms with van der Waals surface area (Å²) in [5, 5.41) is 2.54. The van der Waals surface area contributed by atoms with Gasteiger partial charge in [-0.05, 0) is 97.2 Å². The van der Waals surface area contributed by atoms with Gasteiger partial charge in [0, 0.05) is 45.7 Å². The fourth-order valence-corrected chi connectivity index (χ4v) is 7.91. The molecule has 0 aromatic heterocycles. The van der Waals surface area contributed by atoms with E-state index in [1.807, 2.05) is 0 Å². The Kier molecular flexibility index (Phi) is 9.15. The lowest BCUT2D eigenvalue weighted by molar-refractivity contribution is 0.421. The van der Waals surface area contributed by atoms with Gasteiger partial charge in [-0.15, -0.1) is 6.58 Å². The summed E-state index contributed by atoms with van der Waals surface area (Å²) in [4.78, 5) is 5.07. The third-order valence-electron chi connectivity index (χ3n) is 10.3. The van der Waals surface area contributed by atoms with E-state index < -0.39 is 0 Å². The molecule has 49 heavy (non-hydrogen) atoms. The minimum absolute atomic E-state index is 0.136. The number of anilines is 4. The Bertz CT molecular complexity index is 2030. The van der Waals surface area contributed by atoms with Gasteiger partial charge in [-0.2, -0.15) is 0 Å². The average Bonchev–Trinajstić information content (AvgIpc) is 3.11. The Morgan fingerprint density at radius 2 is 1.31 bits per heavy atom. The topological polar surface area (TPSA) is 6.48 Å². The number of hydrogen-bond acceptors (Lipinski definition) is 2. The Hall–Kier alpha value is -5.08. The molecule has 2 nitrogen and oxygen atoms in total. The van der Waals surface area contributed by atoms with Gasteiger partial charge in [0.15, 0.2) is 0 Å². The maximum absolute atomic E-state index is 4.54. The fourth-order valence-electron chi connectivity index (χ4n) is 7.91. The summed E-state index contributed by atoms with van der Waals surface area (Å²) in [6.45, 7) is 15.9. The molecule has 7 rings (SSSR count). The zero-order valence-electron chi connectivity index (χ0n) is 29.6. The first-order chi connectivity index (χ1) is 23.8. The van der Waals surface area contributed by atoms with E-state index in [-0.39, 0.29) is 17.9 Å². The van der Waals surface area contributed by atoms with Crippen molar-refractivity contribution in [2.45, 2.75) is 53.0 Å². The molecule has 0 spiro atoms. The predicted molar refractivity (Wildman–Crippen MR) is 212 cm³/mol. The van der Waals surface area contributed by atoms with Gasteiger partial charge in [-0.25, -0.2) is 0 Å². The van der Waals surface area contributed by atoms with Gasteiger partial charge in [0.2, 0.25) is 0 Å². The number of fused-ring (bicyclic) bond motifs is 3. The van der Waals surface area contributed by atoms with Crippen LogP contribution >= 0.6 is 0 Å². The molecule has 0 amide bonds. The Morgan fingerprint density at radius 1 is 0.714 bits per heavy atom. The highest BCUT2D eigenvalue weighted by Crippen LogP contribution is 2.51. The molecule has 4 atom stereocenters. The number of hydrogen-bond donors (Lipinski definition) is 0. The van der Waals surface area contributed by atoms with Gasteiger partial charge in [0.1, 0.15) is 0 Å². The Labute approximate surface area is 293 Å². The highest BCUT2D eigenvalue weighted by atomic mass is 15.2. The van der Waals surface area contributed by atoms with Gasteiger partial charge in [0.05, 0.1) is 6.04 Å². The van der Waals surface area contributed by atoms with E-state index in [2.05, 4.69) is 197 Å². The van der Waals surface area contributed by atoms with E-state index in [0.717, 1.165) is 6.42 Å². The van der Waals surface area contributed by atoms with Crippen molar-refractivity contribution in [2.24, 2.45) is 17.8 Å². The third kappa shape index (κ3) is 6.29. The molecule has 2 aliphatic rings. The van der Waals surface area contributed by atoms with Crippen molar-refractivity contribution < 1.29 is 0 Å². The van der Waals surface area contributed by atoms with Crippen molar-refractivity contribution in [1.29, 1.82) is 0 Å². The molecule has 0 radical (unpaired) electrons. The SMILES string of the molecule is C=CC1c2cc(N(c3ccc(C)cc3)C3C=CC=CC3C)c3ccccc3c2C=C(N(c2ccccc2)c2ccc(C)cc2)C1CC(C)C. The van der Waals surface area contributed by atoms with Crippen LogP contribution in [0.15, 0.2) is 152 Å². The van der Waals surface area contributed by atoms with E-state index in [1.54, 1.807) is 0 Å². The summed E-state index contributed by atoms with van der Waals surface area (Å²) in [6.07, 6.45) is 14.9. The molecule has 246 valence electrons. The minimum Gasteiger partial charge on any atom is -0.333 e. The standard InChI is InChI=1S/C47H48N2/c1-7-39-42-30-46(49(38-27-23-34(5)24-28-38)45-20-14-11-15-35(45)6)41-19-13-12-18-40(41)43(42)31-47(44(39)29-32(2)3)48(36-16-9-8-10-17-36)37-25-21-33(4)22-26-37/h7-28,30-32,35,39,44-45H,1,29H2,2-6H3. The van der Waals surface area contributed by atoms with Crippen LogP contribution in [0.2, 0.25) is 0 Å². The Morgan fingerprint density at radius 3 is 1.94 bits per heavy atom. The summed E-state index contributed by atoms with van der Waals surface area (Å²) < 4.78 is 0. The number of nitrogens with zero attached hydrogens (tertiary/aromatic N) is 2. The van der Waals surface area contributed by atoms with Crippen LogP contribution in [0.25, 0.3) is 16.8 Å². The summed E-state index contributed by atoms with van der Waals surface area (Å²) in [5.41, 5.74) is 11.3. The van der Waals surface area contributed by atoms with E-state index >= 15 is 0 Å². The maximum atomic E-state index is 4.54. The molecule has 0 saturated heterocycles. The summed E-state index contributed by atoms with van der Waals surface area (Å²) >= 11 is 0. The molecule has 2 heteroatoms. The highest BCUT2D eigenvalue weighted by molar-refractivity contribution is 6.03. The van der Waals surface area contributed by atoms with E-state index in [0.29, 0.717) is 11.8 Å². The molecule has 0 heterocycles. The van der Waals surface area contributed by atoms with Crippen LogP contribution in [0.3, 0.4) is 0 Å². The van der Waals surface area contributed by atoms with Crippen molar-refractivity contribution in [1.82, 2.24) is 0 Å². The largest absolute Gasteiger partial charge is 0.333 e. The van der Waals surface area contributed by atoms with Crippen molar-refractivity contribution in [2.75, 3.05) is 9.80 Å². The van der Waals surface area contributed by atoms with Crippen LogP contribution in [-0.4, -0.2) is 6.04 Å². The second-order valence-electron chi connectivity index (χ2n) is 14.3. The molecule has 2 aliphatic carbocycles. The van der Waals surface area contributed by atoms with E-state index in [1.165, 1.54) is 61.5 Å². The zero-order chi connectivity index (χ0) is 34.1. The quantitative estimate of drug-likeness (QED) is 0.148. The normalized spacial score (nSPS) is 19.8. The van der Waals surface area contributed by atoms with Gasteiger partial charge in [-0.1, -0.05) is 129 Å². The van der Waals surface area contributed by atoms with Crippen molar-refractivity contribution in [3.05, 3.63) is 174 Å². The Balaban J connectivity index is 1.51. The molecule has 0 N–H and O–H groups in total. The second kappa shape index (κ2) is 13.8. The second-order valence-corrected chi connectivity index (χ2v) is 14.3. The van der Waals surface area contributed by atoms with Crippen LogP contribution in [0.5, 0.6) is 0 Å². The smallest absolute Gasteiger partial charge is 0.0585 e. The van der Waals surface area contributed by atoms with Crippen molar-refractivity contribution in [3.8, 4) is 0 Å². The number of aryl methyl sites for hydroxylation is 2. The first kappa shape index (κ1) is 32.5. The lowest BCUT2D eigenvalue weighted by atomic mass is 9.72. The molecular weight excluding hydrogens is 593 g/mol. The van der Waals surface area contributed by atoms with Gasteiger partial charge < -0.3 is 9.80 Å². The van der Waals surface area contributed by atoms with Gasteiger partial charge in [-0.3, -0.25) is 0 Å². The predicted octanol–water partition coefficient (Wildman–Crippen LogP) is 12.9. The molecule has 5 aromatic carbocycles. The maximum Gasteiger partial charge on any atom is 0.0585 e. The average molecular weight is 641 g/mol. The van der Waals surface area contributed by atoms with E-state index in [9.17, 15) is 0 Å². The highest BCUT2D eigenvalue weighted by Gasteiger charge is 2.36. The lowest BCUT2D eigenvalue weighted by Crippen LogP contribution is -2.36. The summed E-state index contributed by atoms with van der Waals surface area (Å²) in [6, 6.07) is 40.6. The molecule has 0 fully saturated rings. The molecule has 0 saturated carbocycles. The van der Waals surface area contributed by atoms with Crippen molar-refractivity contribution >= 4 is 39.6 Å². The third-order valence-corrected chi connectivity index (χ3v) is 10.3. The molecule has 0 bridgehead atoms. The van der Waals surface area contributed by atoms with E-state index in [4.69, 9.17) is 0 Å². The minimum atomic E-state index is 0.136. The van der Waals surface area contributed by atoms with Crippen LogP contribution in [-0.2, 0) is 0 Å².